The Hall–Kier alpha value is -2.81. The molecular weight excluding hydrogens is 421 g/mol. The van der Waals surface area contributed by atoms with Crippen molar-refractivity contribution in [2.75, 3.05) is 31.1 Å². The van der Waals surface area contributed by atoms with Crippen LogP contribution in [0.3, 0.4) is 0 Å². The summed E-state index contributed by atoms with van der Waals surface area (Å²) >= 11 is 6.02. The van der Waals surface area contributed by atoms with Crippen LogP contribution < -0.4 is 4.90 Å². The SMILES string of the molecule is O=C(CCc1nc2ccccc2o1)N1CCN(c2ncc(C(F)(F)F)cc2Cl)CC1. The van der Waals surface area contributed by atoms with E-state index < -0.39 is 11.7 Å². The molecule has 0 saturated carbocycles. The van der Waals surface area contributed by atoms with Crippen molar-refractivity contribution in [2.24, 2.45) is 0 Å². The quantitative estimate of drug-likeness (QED) is 0.611. The smallest absolute Gasteiger partial charge is 0.417 e. The molecule has 0 radical (unpaired) electrons. The third kappa shape index (κ3) is 4.35. The summed E-state index contributed by atoms with van der Waals surface area (Å²) in [4.78, 5) is 24.3. The van der Waals surface area contributed by atoms with Gasteiger partial charge >= 0.3 is 6.18 Å². The molecule has 0 unspecified atom stereocenters. The third-order valence-corrected chi connectivity index (χ3v) is 5.25. The minimum atomic E-state index is -4.49. The van der Waals surface area contributed by atoms with Gasteiger partial charge in [-0.3, -0.25) is 4.79 Å². The van der Waals surface area contributed by atoms with E-state index in [1.54, 1.807) is 9.80 Å². The zero-order chi connectivity index (χ0) is 21.3. The van der Waals surface area contributed by atoms with Crippen LogP contribution in [-0.2, 0) is 17.4 Å². The highest BCUT2D eigenvalue weighted by Gasteiger charge is 2.32. The van der Waals surface area contributed by atoms with Crippen molar-refractivity contribution in [3.63, 3.8) is 0 Å². The van der Waals surface area contributed by atoms with Crippen molar-refractivity contribution in [1.82, 2.24) is 14.9 Å². The lowest BCUT2D eigenvalue weighted by molar-refractivity contribution is -0.137. The second kappa shape index (κ2) is 8.14. The van der Waals surface area contributed by atoms with Gasteiger partial charge in [-0.1, -0.05) is 23.7 Å². The number of rotatable bonds is 4. The van der Waals surface area contributed by atoms with Gasteiger partial charge in [-0.25, -0.2) is 9.97 Å². The molecule has 30 heavy (non-hydrogen) atoms. The van der Waals surface area contributed by atoms with Crippen molar-refractivity contribution in [3.05, 3.63) is 53.0 Å². The predicted molar refractivity (Wildman–Crippen MR) is 105 cm³/mol. The molecule has 1 aromatic carbocycles. The normalized spacial score (nSPS) is 15.1. The highest BCUT2D eigenvalue weighted by molar-refractivity contribution is 6.33. The molecule has 1 saturated heterocycles. The van der Waals surface area contributed by atoms with Crippen LogP contribution >= 0.6 is 11.6 Å². The fraction of sp³-hybridized carbons (Fsp3) is 0.350. The highest BCUT2D eigenvalue weighted by atomic mass is 35.5. The Bertz CT molecular complexity index is 1030. The molecule has 0 aliphatic carbocycles. The summed E-state index contributed by atoms with van der Waals surface area (Å²) < 4.78 is 43.9. The number of halogens is 4. The minimum absolute atomic E-state index is 0.0246. The molecule has 3 heterocycles. The Kier molecular flexibility index (Phi) is 5.55. The van der Waals surface area contributed by atoms with E-state index in [-0.39, 0.29) is 17.4 Å². The van der Waals surface area contributed by atoms with Gasteiger partial charge in [0, 0.05) is 45.2 Å². The number of amides is 1. The second-order valence-electron chi connectivity index (χ2n) is 6.97. The Morgan fingerprint density at radius 3 is 2.57 bits per heavy atom. The number of nitrogens with zero attached hydrogens (tertiary/aromatic N) is 4. The number of carbonyl (C=O) groups excluding carboxylic acids is 1. The maximum atomic E-state index is 12.8. The van der Waals surface area contributed by atoms with E-state index >= 15 is 0 Å². The Balaban J connectivity index is 1.32. The van der Waals surface area contributed by atoms with Gasteiger partial charge in [-0.2, -0.15) is 13.2 Å². The molecule has 1 aliphatic heterocycles. The molecule has 4 rings (SSSR count). The molecule has 1 amide bonds. The average molecular weight is 439 g/mol. The Labute approximate surface area is 175 Å². The van der Waals surface area contributed by atoms with Gasteiger partial charge in [-0.15, -0.1) is 0 Å². The molecule has 0 spiro atoms. The van der Waals surface area contributed by atoms with Crippen LogP contribution in [0.25, 0.3) is 11.1 Å². The van der Waals surface area contributed by atoms with Crippen LogP contribution in [0.15, 0.2) is 40.9 Å². The second-order valence-corrected chi connectivity index (χ2v) is 7.38. The van der Waals surface area contributed by atoms with Crippen LogP contribution in [0, 0.1) is 0 Å². The van der Waals surface area contributed by atoms with Crippen LogP contribution in [-0.4, -0.2) is 47.0 Å². The number of aromatic nitrogens is 2. The number of para-hydroxylation sites is 2. The summed E-state index contributed by atoms with van der Waals surface area (Å²) in [5, 5.41) is -0.0550. The summed E-state index contributed by atoms with van der Waals surface area (Å²) in [5.74, 6) is 0.788. The molecule has 0 bridgehead atoms. The number of fused-ring (bicyclic) bond motifs is 1. The molecule has 3 aromatic rings. The molecule has 1 aliphatic rings. The first kappa shape index (κ1) is 20.5. The number of pyridine rings is 1. The van der Waals surface area contributed by atoms with Crippen LogP contribution in [0.4, 0.5) is 19.0 Å². The number of alkyl halides is 3. The van der Waals surface area contributed by atoms with Crippen molar-refractivity contribution in [3.8, 4) is 0 Å². The number of anilines is 1. The first-order chi connectivity index (χ1) is 14.3. The fourth-order valence-electron chi connectivity index (χ4n) is 3.38. The standard InChI is InChI=1S/C20H18ClF3N4O2/c21-14-11-13(20(22,23)24)12-25-19(14)28-9-7-27(8-10-28)18(29)6-5-17-26-15-3-1-2-4-16(15)30-17/h1-4,11-12H,5-10H2. The van der Waals surface area contributed by atoms with Gasteiger partial charge in [-0.05, 0) is 18.2 Å². The highest BCUT2D eigenvalue weighted by Crippen LogP contribution is 2.33. The lowest BCUT2D eigenvalue weighted by Gasteiger charge is -2.35. The van der Waals surface area contributed by atoms with Crippen molar-refractivity contribution in [2.45, 2.75) is 19.0 Å². The van der Waals surface area contributed by atoms with E-state index in [2.05, 4.69) is 9.97 Å². The van der Waals surface area contributed by atoms with Crippen LogP contribution in [0.2, 0.25) is 5.02 Å². The van der Waals surface area contributed by atoms with Crippen LogP contribution in [0.1, 0.15) is 17.9 Å². The lowest BCUT2D eigenvalue weighted by atomic mass is 10.2. The van der Waals surface area contributed by atoms with E-state index in [9.17, 15) is 18.0 Å². The van der Waals surface area contributed by atoms with Crippen molar-refractivity contribution in [1.29, 1.82) is 0 Å². The van der Waals surface area contributed by atoms with Gasteiger partial charge in [0.15, 0.2) is 11.5 Å². The largest absolute Gasteiger partial charge is 0.441 e. The predicted octanol–water partition coefficient (Wildman–Crippen LogP) is 4.18. The van der Waals surface area contributed by atoms with Gasteiger partial charge < -0.3 is 14.2 Å². The van der Waals surface area contributed by atoms with Crippen LogP contribution in [0.5, 0.6) is 0 Å². The van der Waals surface area contributed by atoms with E-state index in [1.807, 2.05) is 24.3 Å². The zero-order valence-electron chi connectivity index (χ0n) is 15.8. The lowest BCUT2D eigenvalue weighted by Crippen LogP contribution is -2.49. The molecule has 158 valence electrons. The number of aryl methyl sites for hydroxylation is 1. The van der Waals surface area contributed by atoms with E-state index in [4.69, 9.17) is 16.0 Å². The van der Waals surface area contributed by atoms with Gasteiger partial charge in [0.1, 0.15) is 11.3 Å². The zero-order valence-corrected chi connectivity index (χ0v) is 16.6. The summed E-state index contributed by atoms with van der Waals surface area (Å²) in [7, 11) is 0. The van der Waals surface area contributed by atoms with Gasteiger partial charge in [0.05, 0.1) is 10.6 Å². The number of hydrogen-bond donors (Lipinski definition) is 0. The fourth-order valence-corrected chi connectivity index (χ4v) is 3.67. The van der Waals surface area contributed by atoms with Crippen molar-refractivity contribution >= 4 is 34.4 Å². The third-order valence-electron chi connectivity index (χ3n) is 4.97. The van der Waals surface area contributed by atoms with E-state index in [0.29, 0.717) is 49.9 Å². The van der Waals surface area contributed by atoms with Gasteiger partial charge in [0.2, 0.25) is 5.91 Å². The maximum absolute atomic E-state index is 12.8. The molecule has 2 aromatic heterocycles. The molecule has 0 atom stereocenters. The maximum Gasteiger partial charge on any atom is 0.417 e. The Morgan fingerprint density at radius 1 is 1.17 bits per heavy atom. The molecule has 6 nitrogen and oxygen atoms in total. The van der Waals surface area contributed by atoms with E-state index in [0.717, 1.165) is 17.8 Å². The number of piperazine rings is 1. The minimum Gasteiger partial charge on any atom is -0.441 e. The first-order valence-electron chi connectivity index (χ1n) is 9.41. The van der Waals surface area contributed by atoms with Crippen molar-refractivity contribution < 1.29 is 22.4 Å². The number of benzene rings is 1. The summed E-state index contributed by atoms with van der Waals surface area (Å²) in [5.41, 5.74) is 0.563. The topological polar surface area (TPSA) is 62.5 Å². The van der Waals surface area contributed by atoms with Gasteiger partial charge in [0.25, 0.3) is 0 Å². The molecule has 1 fully saturated rings. The summed E-state index contributed by atoms with van der Waals surface area (Å²) in [6.45, 7) is 1.75. The average Bonchev–Trinajstić information content (AvgIpc) is 3.14. The summed E-state index contributed by atoms with van der Waals surface area (Å²) in [6, 6.07) is 8.29. The molecule has 10 heteroatoms. The molecule has 0 N–H and O–H groups in total. The number of carbonyl (C=O) groups is 1. The monoisotopic (exact) mass is 438 g/mol. The Morgan fingerprint density at radius 2 is 1.90 bits per heavy atom. The van der Waals surface area contributed by atoms with E-state index in [1.165, 1.54) is 0 Å². The molecular formula is C20H18ClF3N4O2. The number of hydrogen-bond acceptors (Lipinski definition) is 5. The summed E-state index contributed by atoms with van der Waals surface area (Å²) in [6.07, 6.45) is -3.04. The first-order valence-corrected chi connectivity index (χ1v) is 9.79. The number of oxazole rings is 1.